The number of methoxy groups -OCH3 is 1. The molecule has 0 unspecified atom stereocenters. The van der Waals surface area contributed by atoms with Gasteiger partial charge in [-0.1, -0.05) is 12.1 Å². The SMILES string of the molecule is COC(=O)c1cccc(-c2cccc(C)n2)n1. The maximum Gasteiger partial charge on any atom is 0.356 e. The molecule has 0 radical (unpaired) electrons. The lowest BCUT2D eigenvalue weighted by molar-refractivity contribution is 0.0594. The number of carbonyl (C=O) groups is 1. The van der Waals surface area contributed by atoms with Crippen molar-refractivity contribution in [2.75, 3.05) is 7.11 Å². The molecule has 0 N–H and O–H groups in total. The minimum absolute atomic E-state index is 0.285. The summed E-state index contributed by atoms with van der Waals surface area (Å²) >= 11 is 0. The zero-order chi connectivity index (χ0) is 12.3. The molecule has 0 spiro atoms. The lowest BCUT2D eigenvalue weighted by Gasteiger charge is -2.03. The van der Waals surface area contributed by atoms with E-state index in [0.717, 1.165) is 11.4 Å². The van der Waals surface area contributed by atoms with E-state index in [1.54, 1.807) is 12.1 Å². The Labute approximate surface area is 99.3 Å². The summed E-state index contributed by atoms with van der Waals surface area (Å²) < 4.78 is 4.63. The molecule has 0 aliphatic heterocycles. The van der Waals surface area contributed by atoms with Gasteiger partial charge in [-0.3, -0.25) is 4.98 Å². The number of esters is 1. The molecule has 4 heteroatoms. The van der Waals surface area contributed by atoms with Crippen LogP contribution in [0.1, 0.15) is 16.2 Å². The smallest absolute Gasteiger partial charge is 0.356 e. The molecule has 0 amide bonds. The molecule has 17 heavy (non-hydrogen) atoms. The first-order chi connectivity index (χ1) is 8.20. The number of rotatable bonds is 2. The highest BCUT2D eigenvalue weighted by atomic mass is 16.5. The second-order valence-corrected chi connectivity index (χ2v) is 3.56. The Hall–Kier alpha value is -2.23. The van der Waals surface area contributed by atoms with Crippen LogP contribution in [0.3, 0.4) is 0 Å². The summed E-state index contributed by atoms with van der Waals surface area (Å²) in [6, 6.07) is 10.9. The van der Waals surface area contributed by atoms with Gasteiger partial charge in [0, 0.05) is 5.69 Å². The van der Waals surface area contributed by atoms with Crippen LogP contribution in [0.5, 0.6) is 0 Å². The van der Waals surface area contributed by atoms with Crippen molar-refractivity contribution in [1.29, 1.82) is 0 Å². The fourth-order valence-electron chi connectivity index (χ4n) is 1.48. The molecule has 86 valence electrons. The van der Waals surface area contributed by atoms with Gasteiger partial charge in [0.1, 0.15) is 5.69 Å². The van der Waals surface area contributed by atoms with Crippen molar-refractivity contribution >= 4 is 5.97 Å². The molecule has 0 aromatic carbocycles. The summed E-state index contributed by atoms with van der Waals surface area (Å²) in [6.45, 7) is 1.91. The standard InChI is InChI=1S/C13H12N2O2/c1-9-5-3-6-10(14-9)11-7-4-8-12(15-11)13(16)17-2/h3-8H,1-2H3. The van der Waals surface area contributed by atoms with Crippen molar-refractivity contribution in [3.8, 4) is 11.4 Å². The topological polar surface area (TPSA) is 52.1 Å². The minimum Gasteiger partial charge on any atom is -0.464 e. The molecule has 2 aromatic rings. The largest absolute Gasteiger partial charge is 0.464 e. The molecular formula is C13H12N2O2. The van der Waals surface area contributed by atoms with Gasteiger partial charge in [0.2, 0.25) is 0 Å². The Kier molecular flexibility index (Phi) is 3.14. The number of nitrogens with zero attached hydrogens (tertiary/aromatic N) is 2. The molecule has 0 saturated heterocycles. The van der Waals surface area contributed by atoms with Gasteiger partial charge in [-0.2, -0.15) is 0 Å². The Morgan fingerprint density at radius 3 is 2.35 bits per heavy atom. The van der Waals surface area contributed by atoms with Crippen LogP contribution in [-0.2, 0) is 4.74 Å². The van der Waals surface area contributed by atoms with E-state index in [9.17, 15) is 4.79 Å². The summed E-state index contributed by atoms with van der Waals surface area (Å²) in [6.07, 6.45) is 0. The second kappa shape index (κ2) is 4.74. The van der Waals surface area contributed by atoms with E-state index in [1.165, 1.54) is 7.11 Å². The third kappa shape index (κ3) is 2.47. The van der Waals surface area contributed by atoms with E-state index in [4.69, 9.17) is 0 Å². The quantitative estimate of drug-likeness (QED) is 0.740. The first-order valence-electron chi connectivity index (χ1n) is 5.20. The highest BCUT2D eigenvalue weighted by molar-refractivity contribution is 5.87. The van der Waals surface area contributed by atoms with Crippen molar-refractivity contribution in [2.24, 2.45) is 0 Å². The first kappa shape index (κ1) is 11.3. The Morgan fingerprint density at radius 2 is 1.71 bits per heavy atom. The molecular weight excluding hydrogens is 216 g/mol. The maximum atomic E-state index is 11.4. The molecule has 0 aliphatic rings. The lowest BCUT2D eigenvalue weighted by atomic mass is 10.2. The van der Waals surface area contributed by atoms with E-state index < -0.39 is 5.97 Å². The van der Waals surface area contributed by atoms with Crippen LogP contribution >= 0.6 is 0 Å². The van der Waals surface area contributed by atoms with Crippen molar-refractivity contribution in [1.82, 2.24) is 9.97 Å². The predicted molar refractivity (Wildman–Crippen MR) is 63.5 cm³/mol. The predicted octanol–water partition coefficient (Wildman–Crippen LogP) is 2.24. The van der Waals surface area contributed by atoms with E-state index in [2.05, 4.69) is 14.7 Å². The van der Waals surface area contributed by atoms with E-state index in [1.807, 2.05) is 31.2 Å². The maximum absolute atomic E-state index is 11.4. The number of pyridine rings is 2. The third-order valence-electron chi connectivity index (χ3n) is 2.29. The van der Waals surface area contributed by atoms with Crippen LogP contribution in [0.25, 0.3) is 11.4 Å². The number of carbonyl (C=O) groups excluding carboxylic acids is 1. The van der Waals surface area contributed by atoms with Gasteiger partial charge < -0.3 is 4.74 Å². The molecule has 2 aromatic heterocycles. The highest BCUT2D eigenvalue weighted by Crippen LogP contribution is 2.15. The molecule has 0 aliphatic carbocycles. The second-order valence-electron chi connectivity index (χ2n) is 3.56. The van der Waals surface area contributed by atoms with Gasteiger partial charge in [-0.15, -0.1) is 0 Å². The molecule has 0 atom stereocenters. The number of aromatic nitrogens is 2. The zero-order valence-corrected chi connectivity index (χ0v) is 9.68. The number of hydrogen-bond donors (Lipinski definition) is 0. The van der Waals surface area contributed by atoms with Crippen molar-refractivity contribution < 1.29 is 9.53 Å². The fourth-order valence-corrected chi connectivity index (χ4v) is 1.48. The van der Waals surface area contributed by atoms with Crippen LogP contribution in [0.4, 0.5) is 0 Å². The van der Waals surface area contributed by atoms with Gasteiger partial charge >= 0.3 is 5.97 Å². The Morgan fingerprint density at radius 1 is 1.06 bits per heavy atom. The van der Waals surface area contributed by atoms with Crippen molar-refractivity contribution in [3.63, 3.8) is 0 Å². The molecule has 2 rings (SSSR count). The first-order valence-corrected chi connectivity index (χ1v) is 5.20. The van der Waals surface area contributed by atoms with E-state index in [-0.39, 0.29) is 5.69 Å². The summed E-state index contributed by atoms with van der Waals surface area (Å²) in [5.74, 6) is -0.445. The van der Waals surface area contributed by atoms with E-state index >= 15 is 0 Å². The zero-order valence-electron chi connectivity index (χ0n) is 9.68. The minimum atomic E-state index is -0.445. The van der Waals surface area contributed by atoms with Gasteiger partial charge in [-0.05, 0) is 31.2 Å². The van der Waals surface area contributed by atoms with Gasteiger partial charge in [0.15, 0.2) is 0 Å². The summed E-state index contributed by atoms with van der Waals surface area (Å²) in [5, 5.41) is 0. The van der Waals surface area contributed by atoms with Gasteiger partial charge in [-0.25, -0.2) is 9.78 Å². The van der Waals surface area contributed by atoms with Crippen LogP contribution in [0, 0.1) is 6.92 Å². The lowest BCUT2D eigenvalue weighted by Crippen LogP contribution is -2.04. The van der Waals surface area contributed by atoms with Gasteiger partial charge in [0.05, 0.1) is 18.5 Å². The number of aryl methyl sites for hydroxylation is 1. The summed E-state index contributed by atoms with van der Waals surface area (Å²) in [7, 11) is 1.33. The van der Waals surface area contributed by atoms with Crippen molar-refractivity contribution in [2.45, 2.75) is 6.92 Å². The summed E-state index contributed by atoms with van der Waals surface area (Å²) in [5.41, 5.74) is 2.61. The highest BCUT2D eigenvalue weighted by Gasteiger charge is 2.09. The van der Waals surface area contributed by atoms with Gasteiger partial charge in [0.25, 0.3) is 0 Å². The molecule has 0 fully saturated rings. The van der Waals surface area contributed by atoms with Crippen LogP contribution in [-0.4, -0.2) is 23.0 Å². The van der Waals surface area contributed by atoms with Crippen LogP contribution < -0.4 is 0 Å². The number of ether oxygens (including phenoxy) is 1. The average molecular weight is 228 g/mol. The van der Waals surface area contributed by atoms with Crippen molar-refractivity contribution in [3.05, 3.63) is 47.8 Å². The van der Waals surface area contributed by atoms with E-state index in [0.29, 0.717) is 5.69 Å². The molecule has 4 nitrogen and oxygen atoms in total. The Balaban J connectivity index is 2.43. The van der Waals surface area contributed by atoms with Crippen LogP contribution in [0.15, 0.2) is 36.4 Å². The number of hydrogen-bond acceptors (Lipinski definition) is 4. The normalized spacial score (nSPS) is 10.0. The third-order valence-corrected chi connectivity index (χ3v) is 2.29. The molecule has 0 bridgehead atoms. The van der Waals surface area contributed by atoms with Crippen LogP contribution in [0.2, 0.25) is 0 Å². The average Bonchev–Trinajstić information content (AvgIpc) is 2.38. The molecule has 2 heterocycles. The molecule has 0 saturated carbocycles. The fraction of sp³-hybridized carbons (Fsp3) is 0.154. The Bertz CT molecular complexity index is 553. The summed E-state index contributed by atoms with van der Waals surface area (Å²) in [4.78, 5) is 19.9. The monoisotopic (exact) mass is 228 g/mol.